The number of carbonyl (C=O) groups is 1. The number of esters is 1. The molecule has 0 radical (unpaired) electrons. The molecule has 0 bridgehead atoms. The fraction of sp³-hybridized carbons (Fsp3) is 0.800. The lowest BCUT2D eigenvalue weighted by Gasteiger charge is -2.32. The molecule has 0 aromatic carbocycles. The Hall–Kier alpha value is -1.39. The molecule has 1 aliphatic rings. The third-order valence-corrected chi connectivity index (χ3v) is 4.57. The van der Waals surface area contributed by atoms with Crippen LogP contribution in [0, 0.1) is 11.8 Å². The Bertz CT molecular complexity index is 470. The summed E-state index contributed by atoms with van der Waals surface area (Å²) in [6.45, 7) is 6.72. The normalized spacial score (nSPS) is 26.5. The number of hydrogen-bond acceptors (Lipinski definition) is 4. The molecule has 0 saturated heterocycles. The van der Waals surface area contributed by atoms with Crippen LogP contribution in [-0.4, -0.2) is 28.1 Å². The fourth-order valence-electron chi connectivity index (χ4n) is 3.07. The summed E-state index contributed by atoms with van der Waals surface area (Å²) < 4.78 is 6.79. The van der Waals surface area contributed by atoms with Crippen LogP contribution in [0.2, 0.25) is 0 Å². The van der Waals surface area contributed by atoms with Crippen molar-refractivity contribution in [2.45, 2.75) is 58.9 Å². The van der Waals surface area contributed by atoms with Crippen LogP contribution in [0.3, 0.4) is 0 Å². The highest BCUT2D eigenvalue weighted by Gasteiger charge is 2.29. The number of ether oxygens (including phenoxy) is 1. The maximum absolute atomic E-state index is 11.8. The van der Waals surface area contributed by atoms with E-state index in [0.717, 1.165) is 37.3 Å². The Kier molecular flexibility index (Phi) is 4.78. The van der Waals surface area contributed by atoms with E-state index in [9.17, 15) is 4.79 Å². The van der Waals surface area contributed by atoms with Crippen molar-refractivity contribution in [2.24, 2.45) is 11.8 Å². The Labute approximate surface area is 120 Å². The van der Waals surface area contributed by atoms with Gasteiger partial charge in [-0.25, -0.2) is 9.48 Å². The highest BCUT2D eigenvalue weighted by molar-refractivity contribution is 5.88. The van der Waals surface area contributed by atoms with Crippen LogP contribution in [0.4, 0.5) is 0 Å². The van der Waals surface area contributed by atoms with E-state index in [1.54, 1.807) is 0 Å². The number of hydrogen-bond donors (Lipinski definition) is 0. The average molecular weight is 279 g/mol. The minimum Gasteiger partial charge on any atom is -0.464 e. The lowest BCUT2D eigenvalue weighted by Crippen LogP contribution is -2.25. The van der Waals surface area contributed by atoms with E-state index in [1.807, 2.05) is 4.68 Å². The maximum atomic E-state index is 11.8. The molecule has 1 aromatic rings. The molecule has 0 spiro atoms. The molecule has 0 aliphatic heterocycles. The van der Waals surface area contributed by atoms with Gasteiger partial charge in [0, 0.05) is 0 Å². The van der Waals surface area contributed by atoms with Crippen molar-refractivity contribution in [1.82, 2.24) is 15.0 Å². The molecule has 1 aliphatic carbocycles. The monoisotopic (exact) mass is 279 g/mol. The highest BCUT2D eigenvalue weighted by atomic mass is 16.5. The molecule has 0 amide bonds. The second kappa shape index (κ2) is 6.37. The van der Waals surface area contributed by atoms with Crippen LogP contribution in [0.1, 0.15) is 68.7 Å². The van der Waals surface area contributed by atoms with Crippen molar-refractivity contribution in [2.75, 3.05) is 7.11 Å². The van der Waals surface area contributed by atoms with Gasteiger partial charge < -0.3 is 4.74 Å². The zero-order valence-electron chi connectivity index (χ0n) is 12.9. The standard InChI is InChI=1S/C15H25N3O2/c1-5-6-13-14(15(19)20-4)16-17-18(13)12-8-7-10(2)11(3)9-12/h10-12H,5-9H2,1-4H3. The largest absolute Gasteiger partial charge is 0.464 e. The molecule has 2 rings (SSSR count). The van der Waals surface area contributed by atoms with E-state index in [1.165, 1.54) is 13.5 Å². The molecule has 1 fully saturated rings. The van der Waals surface area contributed by atoms with E-state index in [2.05, 4.69) is 31.1 Å². The Morgan fingerprint density at radius 1 is 1.35 bits per heavy atom. The van der Waals surface area contributed by atoms with Gasteiger partial charge in [0.25, 0.3) is 0 Å². The Balaban J connectivity index is 2.27. The van der Waals surface area contributed by atoms with E-state index in [-0.39, 0.29) is 5.97 Å². The summed E-state index contributed by atoms with van der Waals surface area (Å²) in [7, 11) is 1.39. The Morgan fingerprint density at radius 2 is 2.10 bits per heavy atom. The first-order chi connectivity index (χ1) is 9.58. The molecule has 3 atom stereocenters. The third kappa shape index (κ3) is 2.86. The summed E-state index contributed by atoms with van der Waals surface area (Å²) in [6, 6.07) is 0.369. The van der Waals surface area contributed by atoms with Crippen molar-refractivity contribution in [3.63, 3.8) is 0 Å². The van der Waals surface area contributed by atoms with E-state index >= 15 is 0 Å². The quantitative estimate of drug-likeness (QED) is 0.795. The summed E-state index contributed by atoms with van der Waals surface area (Å²) in [4.78, 5) is 11.8. The summed E-state index contributed by atoms with van der Waals surface area (Å²) in [5.74, 6) is 1.08. The number of rotatable bonds is 4. The lowest BCUT2D eigenvalue weighted by atomic mass is 9.79. The first-order valence-corrected chi connectivity index (χ1v) is 7.60. The zero-order valence-corrected chi connectivity index (χ0v) is 12.9. The van der Waals surface area contributed by atoms with Crippen LogP contribution >= 0.6 is 0 Å². The molecule has 1 saturated carbocycles. The van der Waals surface area contributed by atoms with E-state index in [0.29, 0.717) is 17.7 Å². The van der Waals surface area contributed by atoms with Gasteiger partial charge in [-0.1, -0.05) is 32.4 Å². The number of nitrogens with zero attached hydrogens (tertiary/aromatic N) is 3. The molecular weight excluding hydrogens is 254 g/mol. The van der Waals surface area contributed by atoms with Gasteiger partial charge in [-0.3, -0.25) is 0 Å². The summed E-state index contributed by atoms with van der Waals surface area (Å²) in [6.07, 6.45) is 5.23. The predicted molar refractivity (Wildman–Crippen MR) is 76.6 cm³/mol. The van der Waals surface area contributed by atoms with E-state index < -0.39 is 0 Å². The maximum Gasteiger partial charge on any atom is 0.360 e. The van der Waals surface area contributed by atoms with Gasteiger partial charge in [0.1, 0.15) is 0 Å². The lowest BCUT2D eigenvalue weighted by molar-refractivity contribution is 0.0592. The average Bonchev–Trinajstić information content (AvgIpc) is 2.85. The summed E-state index contributed by atoms with van der Waals surface area (Å²) in [5, 5.41) is 8.32. The second-order valence-electron chi connectivity index (χ2n) is 5.99. The van der Waals surface area contributed by atoms with E-state index in [4.69, 9.17) is 4.74 Å². The summed E-state index contributed by atoms with van der Waals surface area (Å²) in [5.41, 5.74) is 1.33. The first kappa shape index (κ1) is 15.0. The van der Waals surface area contributed by atoms with Gasteiger partial charge >= 0.3 is 5.97 Å². The molecule has 1 aromatic heterocycles. The van der Waals surface area contributed by atoms with Gasteiger partial charge in [-0.15, -0.1) is 5.10 Å². The predicted octanol–water partition coefficient (Wildman–Crippen LogP) is 3.01. The highest BCUT2D eigenvalue weighted by Crippen LogP contribution is 2.36. The molecule has 1 heterocycles. The second-order valence-corrected chi connectivity index (χ2v) is 5.99. The van der Waals surface area contributed by atoms with Crippen LogP contribution < -0.4 is 0 Å². The first-order valence-electron chi connectivity index (χ1n) is 7.60. The van der Waals surface area contributed by atoms with Gasteiger partial charge in [0.05, 0.1) is 18.8 Å². The van der Waals surface area contributed by atoms with Crippen LogP contribution in [0.5, 0.6) is 0 Å². The van der Waals surface area contributed by atoms with Crippen LogP contribution in [-0.2, 0) is 11.2 Å². The topological polar surface area (TPSA) is 57.0 Å². The van der Waals surface area contributed by atoms with Crippen LogP contribution in [0.25, 0.3) is 0 Å². The molecule has 20 heavy (non-hydrogen) atoms. The number of methoxy groups -OCH3 is 1. The van der Waals surface area contributed by atoms with Crippen LogP contribution in [0.15, 0.2) is 0 Å². The minimum absolute atomic E-state index is 0.369. The molecule has 5 nitrogen and oxygen atoms in total. The minimum atomic E-state index is -0.378. The van der Waals surface area contributed by atoms with Crippen molar-refractivity contribution < 1.29 is 9.53 Å². The van der Waals surface area contributed by atoms with Gasteiger partial charge in [-0.2, -0.15) is 0 Å². The van der Waals surface area contributed by atoms with Gasteiger partial charge in [-0.05, 0) is 37.5 Å². The van der Waals surface area contributed by atoms with Gasteiger partial charge in [0.2, 0.25) is 0 Å². The molecule has 0 N–H and O–H groups in total. The fourth-order valence-corrected chi connectivity index (χ4v) is 3.07. The zero-order chi connectivity index (χ0) is 14.7. The van der Waals surface area contributed by atoms with Crippen molar-refractivity contribution in [3.8, 4) is 0 Å². The van der Waals surface area contributed by atoms with Gasteiger partial charge in [0.15, 0.2) is 5.69 Å². The molecule has 112 valence electrons. The molecular formula is C15H25N3O2. The molecule has 5 heteroatoms. The Morgan fingerprint density at radius 3 is 2.70 bits per heavy atom. The van der Waals surface area contributed by atoms with Crippen molar-refractivity contribution in [1.29, 1.82) is 0 Å². The smallest absolute Gasteiger partial charge is 0.360 e. The SMILES string of the molecule is CCCc1c(C(=O)OC)nnn1C1CCC(C)C(C)C1. The van der Waals surface area contributed by atoms with Crippen molar-refractivity contribution >= 4 is 5.97 Å². The molecule has 3 unspecified atom stereocenters. The third-order valence-electron chi connectivity index (χ3n) is 4.57. The number of aromatic nitrogens is 3. The van der Waals surface area contributed by atoms with Crippen molar-refractivity contribution in [3.05, 3.63) is 11.4 Å². The summed E-state index contributed by atoms with van der Waals surface area (Å²) >= 11 is 0. The number of carbonyl (C=O) groups excluding carboxylic acids is 1.